The zero-order valence-electron chi connectivity index (χ0n) is 15.6. The molecule has 2 saturated heterocycles. The highest BCUT2D eigenvalue weighted by Gasteiger charge is 2.28. The normalized spacial score (nSPS) is 20.3. The maximum atomic E-state index is 12.7. The molecule has 0 bridgehead atoms. The first kappa shape index (κ1) is 18.2. The first-order chi connectivity index (χ1) is 12.2. The second-order valence-electron chi connectivity index (χ2n) is 7.52. The average Bonchev–Trinajstić information content (AvgIpc) is 2.93. The summed E-state index contributed by atoms with van der Waals surface area (Å²) in [5.74, 6) is 1.60. The van der Waals surface area contributed by atoms with Crippen molar-refractivity contribution in [3.63, 3.8) is 0 Å². The van der Waals surface area contributed by atoms with Gasteiger partial charge in [0.05, 0.1) is 0 Å². The Balaban J connectivity index is 1.36. The van der Waals surface area contributed by atoms with Crippen LogP contribution in [0.5, 0.6) is 5.75 Å². The molecule has 138 valence electrons. The number of ether oxygens (including phenoxy) is 1. The Bertz CT molecular complexity index is 527. The fraction of sp³-hybridized carbons (Fsp3) is 0.667. The molecule has 0 saturated carbocycles. The van der Waals surface area contributed by atoms with Crippen LogP contribution in [-0.4, -0.2) is 55.0 Å². The van der Waals surface area contributed by atoms with Crippen LogP contribution in [0.1, 0.15) is 44.1 Å². The van der Waals surface area contributed by atoms with Gasteiger partial charge in [-0.3, -0.25) is 9.69 Å². The molecule has 3 rings (SSSR count). The van der Waals surface area contributed by atoms with Crippen LogP contribution in [0.15, 0.2) is 24.3 Å². The third kappa shape index (κ3) is 5.46. The number of rotatable bonds is 5. The number of amides is 1. The zero-order chi connectivity index (χ0) is 17.5. The number of hydrogen-bond donors (Lipinski definition) is 0. The summed E-state index contributed by atoms with van der Waals surface area (Å²) in [5.41, 5.74) is 1.25. The van der Waals surface area contributed by atoms with Crippen LogP contribution in [-0.2, 0) is 4.79 Å². The predicted octanol–water partition coefficient (Wildman–Crippen LogP) is 3.49. The molecule has 0 unspecified atom stereocenters. The fourth-order valence-electron chi connectivity index (χ4n) is 3.88. The lowest BCUT2D eigenvalue weighted by molar-refractivity contribution is -0.137. The van der Waals surface area contributed by atoms with Gasteiger partial charge in [-0.25, -0.2) is 0 Å². The van der Waals surface area contributed by atoms with Crippen molar-refractivity contribution in [3.05, 3.63) is 29.8 Å². The van der Waals surface area contributed by atoms with Gasteiger partial charge in [0.25, 0.3) is 0 Å². The third-order valence-electron chi connectivity index (χ3n) is 5.55. The Hall–Kier alpha value is -1.55. The van der Waals surface area contributed by atoms with Gasteiger partial charge < -0.3 is 9.64 Å². The van der Waals surface area contributed by atoms with E-state index >= 15 is 0 Å². The van der Waals surface area contributed by atoms with Crippen molar-refractivity contribution in [2.75, 3.05) is 39.3 Å². The molecule has 0 N–H and O–H groups in total. The van der Waals surface area contributed by atoms with Crippen LogP contribution >= 0.6 is 0 Å². The molecule has 2 heterocycles. The Morgan fingerprint density at radius 3 is 2.28 bits per heavy atom. The largest absolute Gasteiger partial charge is 0.492 e. The summed E-state index contributed by atoms with van der Waals surface area (Å²) in [7, 11) is 0. The van der Waals surface area contributed by atoms with Gasteiger partial charge in [-0.1, -0.05) is 30.5 Å². The number of aryl methyl sites for hydroxylation is 1. The van der Waals surface area contributed by atoms with Crippen molar-refractivity contribution < 1.29 is 9.53 Å². The quantitative estimate of drug-likeness (QED) is 0.820. The number of piperidine rings is 1. The lowest BCUT2D eigenvalue weighted by Crippen LogP contribution is -2.43. The van der Waals surface area contributed by atoms with E-state index in [1.165, 1.54) is 31.2 Å². The zero-order valence-corrected chi connectivity index (χ0v) is 15.6. The van der Waals surface area contributed by atoms with Crippen molar-refractivity contribution in [1.82, 2.24) is 9.80 Å². The number of nitrogens with zero attached hydrogens (tertiary/aromatic N) is 2. The topological polar surface area (TPSA) is 32.8 Å². The number of carbonyl (C=O) groups excluding carboxylic acids is 1. The van der Waals surface area contributed by atoms with E-state index in [9.17, 15) is 4.79 Å². The van der Waals surface area contributed by atoms with E-state index < -0.39 is 0 Å². The number of hydrogen-bond acceptors (Lipinski definition) is 3. The maximum absolute atomic E-state index is 12.7. The van der Waals surface area contributed by atoms with Crippen molar-refractivity contribution in [1.29, 1.82) is 0 Å². The number of carbonyl (C=O) groups is 1. The van der Waals surface area contributed by atoms with Gasteiger partial charge in [0.2, 0.25) is 5.91 Å². The van der Waals surface area contributed by atoms with Gasteiger partial charge in [0.1, 0.15) is 12.4 Å². The molecule has 25 heavy (non-hydrogen) atoms. The summed E-state index contributed by atoms with van der Waals surface area (Å²) >= 11 is 0. The van der Waals surface area contributed by atoms with E-state index in [0.29, 0.717) is 12.5 Å². The summed E-state index contributed by atoms with van der Waals surface area (Å²) in [6, 6.07) is 8.22. The maximum Gasteiger partial charge on any atom is 0.225 e. The second kappa shape index (κ2) is 9.23. The highest BCUT2D eigenvalue weighted by Crippen LogP contribution is 2.21. The molecule has 0 atom stereocenters. The lowest BCUT2D eigenvalue weighted by Gasteiger charge is -2.33. The highest BCUT2D eigenvalue weighted by molar-refractivity contribution is 5.79. The molecule has 0 radical (unpaired) electrons. The van der Waals surface area contributed by atoms with Crippen LogP contribution in [0.25, 0.3) is 0 Å². The molecule has 0 spiro atoms. The van der Waals surface area contributed by atoms with Gasteiger partial charge in [0, 0.05) is 25.6 Å². The fourth-order valence-corrected chi connectivity index (χ4v) is 3.88. The third-order valence-corrected chi connectivity index (χ3v) is 5.55. The second-order valence-corrected chi connectivity index (χ2v) is 7.52. The van der Waals surface area contributed by atoms with E-state index in [-0.39, 0.29) is 5.92 Å². The van der Waals surface area contributed by atoms with Crippen molar-refractivity contribution in [3.8, 4) is 5.75 Å². The molecule has 1 aromatic rings. The Morgan fingerprint density at radius 1 is 1.00 bits per heavy atom. The molecule has 4 nitrogen and oxygen atoms in total. The van der Waals surface area contributed by atoms with Gasteiger partial charge >= 0.3 is 0 Å². The summed E-state index contributed by atoms with van der Waals surface area (Å²) in [5, 5.41) is 0. The minimum Gasteiger partial charge on any atom is -0.492 e. The van der Waals surface area contributed by atoms with Crippen LogP contribution < -0.4 is 4.74 Å². The van der Waals surface area contributed by atoms with Gasteiger partial charge in [0.15, 0.2) is 0 Å². The van der Waals surface area contributed by atoms with E-state index in [1.807, 2.05) is 12.1 Å². The van der Waals surface area contributed by atoms with Gasteiger partial charge in [-0.2, -0.15) is 0 Å². The van der Waals surface area contributed by atoms with Crippen LogP contribution in [0, 0.1) is 12.8 Å². The van der Waals surface area contributed by atoms with Crippen molar-refractivity contribution in [2.24, 2.45) is 5.92 Å². The lowest BCUT2D eigenvalue weighted by atomic mass is 9.95. The summed E-state index contributed by atoms with van der Waals surface area (Å²) < 4.78 is 5.83. The Kier molecular flexibility index (Phi) is 6.74. The van der Waals surface area contributed by atoms with E-state index in [1.54, 1.807) is 0 Å². The van der Waals surface area contributed by atoms with E-state index in [0.717, 1.165) is 51.3 Å². The average molecular weight is 344 g/mol. The SMILES string of the molecule is Cc1ccc(OCCN2CCC(C(=O)N3CCCCCC3)CC2)cc1. The molecule has 4 heteroatoms. The van der Waals surface area contributed by atoms with Gasteiger partial charge in [-0.05, 0) is 57.8 Å². The first-order valence-electron chi connectivity index (χ1n) is 9.93. The van der Waals surface area contributed by atoms with Crippen molar-refractivity contribution >= 4 is 5.91 Å². The highest BCUT2D eigenvalue weighted by atomic mass is 16.5. The number of benzene rings is 1. The monoisotopic (exact) mass is 344 g/mol. The molecule has 2 aliphatic heterocycles. The molecule has 2 fully saturated rings. The summed E-state index contributed by atoms with van der Waals surface area (Å²) in [4.78, 5) is 17.3. The van der Waals surface area contributed by atoms with Gasteiger partial charge in [-0.15, -0.1) is 0 Å². The van der Waals surface area contributed by atoms with Crippen LogP contribution in [0.3, 0.4) is 0 Å². The molecule has 0 aliphatic carbocycles. The van der Waals surface area contributed by atoms with Crippen molar-refractivity contribution in [2.45, 2.75) is 45.4 Å². The smallest absolute Gasteiger partial charge is 0.225 e. The van der Waals surface area contributed by atoms with E-state index in [2.05, 4.69) is 28.9 Å². The van der Waals surface area contributed by atoms with Crippen LogP contribution in [0.4, 0.5) is 0 Å². The minimum absolute atomic E-state index is 0.243. The summed E-state index contributed by atoms with van der Waals surface area (Å²) in [6.45, 7) is 7.73. The Morgan fingerprint density at radius 2 is 1.64 bits per heavy atom. The standard InChI is InChI=1S/C21H32N2O2/c1-18-6-8-20(9-7-18)25-17-16-22-14-10-19(11-15-22)21(24)23-12-4-2-3-5-13-23/h6-9,19H,2-5,10-17H2,1H3. The predicted molar refractivity (Wildman–Crippen MR) is 101 cm³/mol. The van der Waals surface area contributed by atoms with Crippen LogP contribution in [0.2, 0.25) is 0 Å². The molecular weight excluding hydrogens is 312 g/mol. The molecule has 1 aromatic carbocycles. The number of likely N-dealkylation sites (tertiary alicyclic amines) is 2. The Labute approximate surface area is 152 Å². The van der Waals surface area contributed by atoms with E-state index in [4.69, 9.17) is 4.74 Å². The molecular formula is C21H32N2O2. The molecule has 1 amide bonds. The molecule has 0 aromatic heterocycles. The summed E-state index contributed by atoms with van der Waals surface area (Å²) in [6.07, 6.45) is 6.92. The molecule has 2 aliphatic rings. The minimum atomic E-state index is 0.243. The first-order valence-corrected chi connectivity index (χ1v) is 9.93.